The minimum Gasteiger partial charge on any atom is -0.352 e. The lowest BCUT2D eigenvalue weighted by atomic mass is 10.0. The van der Waals surface area contributed by atoms with Gasteiger partial charge in [-0.3, -0.25) is 9.69 Å². The van der Waals surface area contributed by atoms with Gasteiger partial charge in [0.1, 0.15) is 0 Å². The van der Waals surface area contributed by atoms with E-state index in [1.54, 1.807) is 0 Å². The van der Waals surface area contributed by atoms with Crippen LogP contribution in [-0.2, 0) is 11.3 Å². The molecule has 2 rings (SSSR count). The van der Waals surface area contributed by atoms with Gasteiger partial charge in [-0.1, -0.05) is 44.2 Å². The predicted octanol–water partition coefficient (Wildman–Crippen LogP) is 2.21. The topological polar surface area (TPSA) is 35.6 Å². The van der Waals surface area contributed by atoms with E-state index in [2.05, 4.69) is 73.4 Å². The van der Waals surface area contributed by atoms with Gasteiger partial charge in [0, 0.05) is 44.6 Å². The maximum absolute atomic E-state index is 12.2. The van der Waals surface area contributed by atoms with Crippen LogP contribution >= 0.6 is 0 Å². The second-order valence-electron chi connectivity index (χ2n) is 7.47. The Bertz CT molecular complexity index is 487. The van der Waals surface area contributed by atoms with Crippen molar-refractivity contribution in [3.63, 3.8) is 0 Å². The quantitative estimate of drug-likeness (QED) is 0.837. The molecule has 0 bridgehead atoms. The SMILES string of the molecule is CC(C)CC(=O)N[C@@H]1CN(Cc2ccccc2)C[C@H]1CN(C)C. The zero-order valence-electron chi connectivity index (χ0n) is 15.0. The van der Waals surface area contributed by atoms with Gasteiger partial charge in [-0.15, -0.1) is 0 Å². The highest BCUT2D eigenvalue weighted by atomic mass is 16.1. The van der Waals surface area contributed by atoms with Crippen LogP contribution in [0.25, 0.3) is 0 Å². The molecule has 128 valence electrons. The van der Waals surface area contributed by atoms with Crippen LogP contribution in [0.5, 0.6) is 0 Å². The third kappa shape index (κ3) is 5.96. The van der Waals surface area contributed by atoms with Crippen molar-refractivity contribution >= 4 is 5.91 Å². The van der Waals surface area contributed by atoms with Gasteiger partial charge in [-0.05, 0) is 25.6 Å². The summed E-state index contributed by atoms with van der Waals surface area (Å²) < 4.78 is 0. The van der Waals surface area contributed by atoms with E-state index in [0.29, 0.717) is 18.3 Å². The van der Waals surface area contributed by atoms with Gasteiger partial charge >= 0.3 is 0 Å². The Labute approximate surface area is 140 Å². The van der Waals surface area contributed by atoms with Crippen LogP contribution in [0, 0.1) is 11.8 Å². The molecule has 23 heavy (non-hydrogen) atoms. The highest BCUT2D eigenvalue weighted by Gasteiger charge is 2.33. The zero-order chi connectivity index (χ0) is 16.8. The molecule has 1 aromatic rings. The number of nitrogens with zero attached hydrogens (tertiary/aromatic N) is 2. The maximum Gasteiger partial charge on any atom is 0.220 e. The molecule has 4 nitrogen and oxygen atoms in total. The van der Waals surface area contributed by atoms with E-state index in [4.69, 9.17) is 0 Å². The molecule has 0 saturated carbocycles. The van der Waals surface area contributed by atoms with Crippen molar-refractivity contribution in [2.75, 3.05) is 33.7 Å². The fraction of sp³-hybridized carbons (Fsp3) is 0.632. The molecule has 2 atom stereocenters. The van der Waals surface area contributed by atoms with Crippen molar-refractivity contribution in [3.8, 4) is 0 Å². The number of hydrogen-bond donors (Lipinski definition) is 1. The van der Waals surface area contributed by atoms with Crippen molar-refractivity contribution in [1.82, 2.24) is 15.1 Å². The standard InChI is InChI=1S/C19H31N3O/c1-15(2)10-19(23)20-18-14-22(13-17(18)12-21(3)4)11-16-8-6-5-7-9-16/h5-9,15,17-18H,10-14H2,1-4H3,(H,20,23)/t17-,18-/m1/s1. The fourth-order valence-corrected chi connectivity index (χ4v) is 3.39. The third-order valence-corrected chi connectivity index (χ3v) is 4.31. The molecule has 0 spiro atoms. The summed E-state index contributed by atoms with van der Waals surface area (Å²) in [6.07, 6.45) is 0.615. The number of amides is 1. The first-order valence-electron chi connectivity index (χ1n) is 8.64. The molecule has 1 N–H and O–H groups in total. The van der Waals surface area contributed by atoms with E-state index in [1.807, 2.05) is 0 Å². The number of rotatable bonds is 7. The van der Waals surface area contributed by atoms with E-state index in [0.717, 1.165) is 26.2 Å². The molecular weight excluding hydrogens is 286 g/mol. The predicted molar refractivity (Wildman–Crippen MR) is 95.1 cm³/mol. The molecule has 1 heterocycles. The number of nitrogens with one attached hydrogen (secondary N) is 1. The minimum atomic E-state index is 0.190. The van der Waals surface area contributed by atoms with Crippen molar-refractivity contribution in [2.45, 2.75) is 32.9 Å². The van der Waals surface area contributed by atoms with E-state index >= 15 is 0 Å². The average molecular weight is 317 g/mol. The summed E-state index contributed by atoms with van der Waals surface area (Å²) in [7, 11) is 4.21. The van der Waals surface area contributed by atoms with Gasteiger partial charge in [0.2, 0.25) is 5.91 Å². The molecular formula is C19H31N3O. The number of hydrogen-bond acceptors (Lipinski definition) is 3. The van der Waals surface area contributed by atoms with Crippen molar-refractivity contribution in [2.24, 2.45) is 11.8 Å². The first-order chi connectivity index (χ1) is 10.9. The van der Waals surface area contributed by atoms with E-state index in [-0.39, 0.29) is 11.9 Å². The molecule has 1 aliphatic heterocycles. The Morgan fingerprint density at radius 1 is 1.26 bits per heavy atom. The van der Waals surface area contributed by atoms with Crippen molar-refractivity contribution in [3.05, 3.63) is 35.9 Å². The summed E-state index contributed by atoms with van der Waals surface area (Å²) in [5.41, 5.74) is 1.34. The molecule has 1 fully saturated rings. The first-order valence-corrected chi connectivity index (χ1v) is 8.64. The van der Waals surface area contributed by atoms with Crippen LogP contribution in [0.15, 0.2) is 30.3 Å². The van der Waals surface area contributed by atoms with E-state index in [1.165, 1.54) is 5.56 Å². The Kier molecular flexibility index (Phi) is 6.60. The lowest BCUT2D eigenvalue weighted by molar-refractivity contribution is -0.122. The smallest absolute Gasteiger partial charge is 0.220 e. The average Bonchev–Trinajstić information content (AvgIpc) is 2.79. The molecule has 0 aliphatic carbocycles. The second-order valence-corrected chi connectivity index (χ2v) is 7.47. The Balaban J connectivity index is 1.96. The minimum absolute atomic E-state index is 0.190. The van der Waals surface area contributed by atoms with E-state index < -0.39 is 0 Å². The highest BCUT2D eigenvalue weighted by Crippen LogP contribution is 2.20. The van der Waals surface area contributed by atoms with Gasteiger partial charge in [0.25, 0.3) is 0 Å². The summed E-state index contributed by atoms with van der Waals surface area (Å²) in [4.78, 5) is 16.8. The summed E-state index contributed by atoms with van der Waals surface area (Å²) in [6.45, 7) is 8.14. The van der Waals surface area contributed by atoms with Crippen LogP contribution in [0.3, 0.4) is 0 Å². The van der Waals surface area contributed by atoms with Crippen LogP contribution in [0.1, 0.15) is 25.8 Å². The van der Waals surface area contributed by atoms with Crippen LogP contribution in [-0.4, -0.2) is 55.5 Å². The zero-order valence-corrected chi connectivity index (χ0v) is 15.0. The maximum atomic E-state index is 12.2. The molecule has 1 saturated heterocycles. The molecule has 1 aromatic carbocycles. The Morgan fingerprint density at radius 3 is 2.57 bits per heavy atom. The molecule has 0 unspecified atom stereocenters. The van der Waals surface area contributed by atoms with Gasteiger partial charge in [-0.25, -0.2) is 0 Å². The summed E-state index contributed by atoms with van der Waals surface area (Å²) in [6, 6.07) is 10.8. The molecule has 0 aromatic heterocycles. The molecule has 4 heteroatoms. The first kappa shape index (κ1) is 18.0. The lowest BCUT2D eigenvalue weighted by Crippen LogP contribution is -2.43. The van der Waals surface area contributed by atoms with E-state index in [9.17, 15) is 4.79 Å². The monoisotopic (exact) mass is 317 g/mol. The van der Waals surface area contributed by atoms with Gasteiger partial charge in [0.05, 0.1) is 0 Å². The van der Waals surface area contributed by atoms with Gasteiger partial charge in [-0.2, -0.15) is 0 Å². The van der Waals surface area contributed by atoms with Crippen LogP contribution < -0.4 is 5.32 Å². The normalized spacial score (nSPS) is 22.0. The Hall–Kier alpha value is -1.39. The van der Waals surface area contributed by atoms with Crippen molar-refractivity contribution < 1.29 is 4.79 Å². The van der Waals surface area contributed by atoms with Gasteiger partial charge in [0.15, 0.2) is 0 Å². The Morgan fingerprint density at radius 2 is 1.96 bits per heavy atom. The second kappa shape index (κ2) is 8.46. The molecule has 1 amide bonds. The molecule has 1 aliphatic rings. The number of benzene rings is 1. The lowest BCUT2D eigenvalue weighted by Gasteiger charge is -2.23. The van der Waals surface area contributed by atoms with Crippen LogP contribution in [0.4, 0.5) is 0 Å². The highest BCUT2D eigenvalue weighted by molar-refractivity contribution is 5.76. The fourth-order valence-electron chi connectivity index (χ4n) is 3.39. The largest absolute Gasteiger partial charge is 0.352 e. The number of likely N-dealkylation sites (tertiary alicyclic amines) is 1. The molecule has 0 radical (unpaired) electrons. The summed E-state index contributed by atoms with van der Waals surface area (Å²) in [5, 5.41) is 3.27. The van der Waals surface area contributed by atoms with Crippen molar-refractivity contribution in [1.29, 1.82) is 0 Å². The number of carbonyl (C=O) groups is 1. The summed E-state index contributed by atoms with van der Waals surface area (Å²) >= 11 is 0. The number of carbonyl (C=O) groups excluding carboxylic acids is 1. The third-order valence-electron chi connectivity index (χ3n) is 4.31. The summed E-state index contributed by atoms with van der Waals surface area (Å²) in [5.74, 6) is 1.09. The van der Waals surface area contributed by atoms with Crippen LogP contribution in [0.2, 0.25) is 0 Å². The van der Waals surface area contributed by atoms with Gasteiger partial charge < -0.3 is 10.2 Å².